The maximum atomic E-state index is 13.2. The Hall–Kier alpha value is -1.08. The first-order chi connectivity index (χ1) is 8.93. The number of carboxylic acid groups (broad SMARTS) is 1. The molecule has 1 heterocycles. The van der Waals surface area contributed by atoms with Crippen LogP contribution in [0.4, 0.5) is 4.39 Å². The minimum atomic E-state index is -1.25. The third-order valence-corrected chi connectivity index (χ3v) is 4.56. The first-order valence-electron chi connectivity index (χ1n) is 5.53. The Labute approximate surface area is 121 Å². The summed E-state index contributed by atoms with van der Waals surface area (Å²) in [5, 5.41) is 11.8. The molecule has 2 rings (SSSR count). The highest BCUT2D eigenvalue weighted by Crippen LogP contribution is 2.28. The molecule has 1 aliphatic heterocycles. The molecule has 1 aromatic carbocycles. The maximum Gasteiger partial charge on any atom is 0.330 e. The Morgan fingerprint density at radius 2 is 2.16 bits per heavy atom. The first kappa shape index (κ1) is 14.3. The Morgan fingerprint density at radius 1 is 1.42 bits per heavy atom. The molecule has 0 saturated carbocycles. The Balaban J connectivity index is 2.22. The van der Waals surface area contributed by atoms with E-state index in [1.165, 1.54) is 23.9 Å². The second-order valence-electron chi connectivity index (χ2n) is 4.30. The number of thioether (sulfide) groups is 1. The second-order valence-corrected chi connectivity index (χ2v) is 6.32. The van der Waals surface area contributed by atoms with Gasteiger partial charge in [-0.2, -0.15) is 11.8 Å². The summed E-state index contributed by atoms with van der Waals surface area (Å²) in [7, 11) is 0. The number of benzene rings is 1. The zero-order chi connectivity index (χ0) is 14.0. The van der Waals surface area contributed by atoms with Crippen LogP contribution in [-0.4, -0.2) is 34.0 Å². The van der Waals surface area contributed by atoms with Crippen LogP contribution in [0.1, 0.15) is 16.8 Å². The molecular formula is C12H11BrFNO3S. The number of hydrogen-bond acceptors (Lipinski definition) is 3. The summed E-state index contributed by atoms with van der Waals surface area (Å²) >= 11 is 4.57. The zero-order valence-corrected chi connectivity index (χ0v) is 12.2. The number of aliphatic carboxylic acids is 1. The van der Waals surface area contributed by atoms with Gasteiger partial charge in [0.05, 0.1) is 0 Å². The molecule has 19 heavy (non-hydrogen) atoms. The van der Waals surface area contributed by atoms with E-state index < -0.39 is 23.2 Å². The summed E-state index contributed by atoms with van der Waals surface area (Å²) in [4.78, 5) is 23.4. The third-order valence-electron chi connectivity index (χ3n) is 2.91. The van der Waals surface area contributed by atoms with Crippen LogP contribution in [-0.2, 0) is 4.79 Å². The minimum absolute atomic E-state index is 0.101. The van der Waals surface area contributed by atoms with E-state index in [9.17, 15) is 19.1 Å². The van der Waals surface area contributed by atoms with Crippen molar-refractivity contribution in [2.24, 2.45) is 0 Å². The number of amides is 1. The van der Waals surface area contributed by atoms with Gasteiger partial charge in [0.15, 0.2) is 0 Å². The molecule has 102 valence electrons. The predicted octanol–water partition coefficient (Wildman–Crippen LogP) is 2.28. The van der Waals surface area contributed by atoms with Gasteiger partial charge in [-0.1, -0.05) is 15.9 Å². The molecule has 1 aliphatic rings. The fourth-order valence-corrected chi connectivity index (χ4v) is 3.65. The van der Waals surface area contributed by atoms with Crippen molar-refractivity contribution < 1.29 is 19.1 Å². The van der Waals surface area contributed by atoms with Crippen LogP contribution < -0.4 is 5.32 Å². The van der Waals surface area contributed by atoms with Crippen molar-refractivity contribution in [1.82, 2.24) is 5.32 Å². The minimum Gasteiger partial charge on any atom is -0.479 e. The molecule has 1 atom stereocenters. The van der Waals surface area contributed by atoms with E-state index in [4.69, 9.17) is 0 Å². The molecule has 0 radical (unpaired) electrons. The van der Waals surface area contributed by atoms with Crippen molar-refractivity contribution in [2.45, 2.75) is 12.0 Å². The highest BCUT2D eigenvalue weighted by atomic mass is 79.9. The van der Waals surface area contributed by atoms with Gasteiger partial charge in [-0.25, -0.2) is 9.18 Å². The van der Waals surface area contributed by atoms with Crippen LogP contribution >= 0.6 is 27.7 Å². The normalized spacial score (nSPS) is 22.2. The smallest absolute Gasteiger partial charge is 0.330 e. The fourth-order valence-electron chi connectivity index (χ4n) is 1.86. The van der Waals surface area contributed by atoms with E-state index in [-0.39, 0.29) is 5.56 Å². The SMILES string of the molecule is O=C(N[C@]1(C(=O)O)CCSC1)c1cc(F)cc(Br)c1. The standard InChI is InChI=1S/C12H11BrFNO3S/c13-8-3-7(4-9(14)5-8)10(16)15-12(11(17)18)1-2-19-6-12/h3-5H,1-2,6H2,(H,15,16)(H,17,18)/t12-/m1/s1. The number of carbonyl (C=O) groups is 2. The number of rotatable bonds is 3. The Morgan fingerprint density at radius 3 is 2.68 bits per heavy atom. The van der Waals surface area contributed by atoms with Gasteiger partial charge < -0.3 is 10.4 Å². The molecule has 0 aromatic heterocycles. The number of halogens is 2. The Bertz CT molecular complexity index is 511. The van der Waals surface area contributed by atoms with E-state index >= 15 is 0 Å². The van der Waals surface area contributed by atoms with Gasteiger partial charge in [0, 0.05) is 15.8 Å². The molecule has 1 aromatic rings. The summed E-state index contributed by atoms with van der Waals surface area (Å²) < 4.78 is 13.7. The molecule has 0 aliphatic carbocycles. The molecule has 2 N–H and O–H groups in total. The molecule has 7 heteroatoms. The van der Waals surface area contributed by atoms with Gasteiger partial charge in [0.2, 0.25) is 0 Å². The number of carbonyl (C=O) groups excluding carboxylic acids is 1. The number of hydrogen-bond donors (Lipinski definition) is 2. The van der Waals surface area contributed by atoms with Crippen molar-refractivity contribution in [3.8, 4) is 0 Å². The molecule has 4 nitrogen and oxygen atoms in total. The van der Waals surface area contributed by atoms with Gasteiger partial charge in [-0.15, -0.1) is 0 Å². The van der Waals surface area contributed by atoms with Crippen LogP contribution in [0.2, 0.25) is 0 Å². The van der Waals surface area contributed by atoms with Gasteiger partial charge in [0.25, 0.3) is 5.91 Å². The second kappa shape index (κ2) is 5.50. The average molecular weight is 348 g/mol. The van der Waals surface area contributed by atoms with E-state index in [1.807, 2.05) is 0 Å². The highest BCUT2D eigenvalue weighted by Gasteiger charge is 2.43. The molecule has 0 unspecified atom stereocenters. The molecule has 1 amide bonds. The van der Waals surface area contributed by atoms with Crippen LogP contribution in [0.25, 0.3) is 0 Å². The van der Waals surface area contributed by atoms with Crippen molar-refractivity contribution in [3.05, 3.63) is 34.1 Å². The van der Waals surface area contributed by atoms with Crippen LogP contribution in [0.3, 0.4) is 0 Å². The van der Waals surface area contributed by atoms with E-state index in [0.29, 0.717) is 22.4 Å². The van der Waals surface area contributed by atoms with Crippen LogP contribution in [0.5, 0.6) is 0 Å². The van der Waals surface area contributed by atoms with Crippen molar-refractivity contribution in [2.75, 3.05) is 11.5 Å². The predicted molar refractivity (Wildman–Crippen MR) is 73.9 cm³/mol. The number of nitrogens with one attached hydrogen (secondary N) is 1. The van der Waals surface area contributed by atoms with Crippen molar-refractivity contribution in [3.63, 3.8) is 0 Å². The van der Waals surface area contributed by atoms with E-state index in [1.54, 1.807) is 0 Å². The largest absolute Gasteiger partial charge is 0.479 e. The third kappa shape index (κ3) is 3.09. The molecule has 0 spiro atoms. The Kier molecular flexibility index (Phi) is 4.15. The molecular weight excluding hydrogens is 337 g/mol. The fraction of sp³-hybridized carbons (Fsp3) is 0.333. The summed E-state index contributed by atoms with van der Waals surface area (Å²) in [5.41, 5.74) is -1.15. The quantitative estimate of drug-likeness (QED) is 0.880. The lowest BCUT2D eigenvalue weighted by Crippen LogP contribution is -2.54. The van der Waals surface area contributed by atoms with Crippen LogP contribution in [0.15, 0.2) is 22.7 Å². The van der Waals surface area contributed by atoms with Gasteiger partial charge in [0.1, 0.15) is 11.4 Å². The number of carboxylic acids is 1. The topological polar surface area (TPSA) is 66.4 Å². The van der Waals surface area contributed by atoms with E-state index in [2.05, 4.69) is 21.2 Å². The summed E-state index contributed by atoms with van der Waals surface area (Å²) in [5.74, 6) is -1.18. The summed E-state index contributed by atoms with van der Waals surface area (Å²) in [6.45, 7) is 0. The molecule has 0 bridgehead atoms. The molecule has 1 fully saturated rings. The van der Waals surface area contributed by atoms with Crippen molar-refractivity contribution >= 4 is 39.6 Å². The first-order valence-corrected chi connectivity index (χ1v) is 7.47. The maximum absolute atomic E-state index is 13.2. The summed E-state index contributed by atoms with van der Waals surface area (Å²) in [6, 6.07) is 3.77. The highest BCUT2D eigenvalue weighted by molar-refractivity contribution is 9.10. The lowest BCUT2D eigenvalue weighted by atomic mass is 9.98. The van der Waals surface area contributed by atoms with E-state index in [0.717, 1.165) is 6.07 Å². The van der Waals surface area contributed by atoms with Crippen molar-refractivity contribution in [1.29, 1.82) is 0 Å². The average Bonchev–Trinajstić information content (AvgIpc) is 2.77. The van der Waals surface area contributed by atoms with Gasteiger partial charge >= 0.3 is 5.97 Å². The zero-order valence-electron chi connectivity index (χ0n) is 9.78. The lowest BCUT2D eigenvalue weighted by Gasteiger charge is -2.24. The lowest BCUT2D eigenvalue weighted by molar-refractivity contribution is -0.143. The van der Waals surface area contributed by atoms with Crippen LogP contribution in [0, 0.1) is 5.82 Å². The summed E-state index contributed by atoms with van der Waals surface area (Å²) in [6.07, 6.45) is 0.370. The van der Waals surface area contributed by atoms with Gasteiger partial charge in [-0.05, 0) is 30.4 Å². The molecule has 1 saturated heterocycles. The monoisotopic (exact) mass is 347 g/mol. The van der Waals surface area contributed by atoms with Gasteiger partial charge in [-0.3, -0.25) is 4.79 Å².